The molecule has 1 heterocycles. The van der Waals surface area contributed by atoms with Crippen molar-refractivity contribution in [2.75, 3.05) is 0 Å². The van der Waals surface area contributed by atoms with Crippen molar-refractivity contribution >= 4 is 0 Å². The first-order valence-corrected chi connectivity index (χ1v) is 6.76. The molecule has 1 aromatic heterocycles. The van der Waals surface area contributed by atoms with Gasteiger partial charge in [-0.25, -0.2) is 0 Å². The van der Waals surface area contributed by atoms with Crippen LogP contribution in [0.25, 0.3) is 0 Å². The summed E-state index contributed by atoms with van der Waals surface area (Å²) < 4.78 is 0. The van der Waals surface area contributed by atoms with Crippen LogP contribution < -0.4 is 11.1 Å². The molecule has 2 aromatic rings. The number of nitrogens with one attached hydrogen (secondary N) is 1. The molecule has 0 saturated carbocycles. The van der Waals surface area contributed by atoms with Crippen LogP contribution in [0, 0.1) is 0 Å². The third-order valence-corrected chi connectivity index (χ3v) is 3.92. The summed E-state index contributed by atoms with van der Waals surface area (Å²) in [7, 11) is 0. The normalized spacial score (nSPS) is 23.1. The molecule has 0 spiro atoms. The van der Waals surface area contributed by atoms with Gasteiger partial charge in [0.1, 0.15) is 0 Å². The van der Waals surface area contributed by atoms with E-state index in [2.05, 4.69) is 53.6 Å². The van der Waals surface area contributed by atoms with Crippen molar-refractivity contribution < 1.29 is 0 Å². The molecule has 3 atom stereocenters. The SMILES string of the molecule is C[C@@H](NC1CC(N)c2ccccc21)c1ccncc1. The van der Waals surface area contributed by atoms with E-state index in [1.807, 2.05) is 12.4 Å². The Kier molecular flexibility index (Phi) is 3.32. The van der Waals surface area contributed by atoms with Crippen molar-refractivity contribution in [2.24, 2.45) is 5.73 Å². The van der Waals surface area contributed by atoms with Gasteiger partial charge in [0.25, 0.3) is 0 Å². The first-order chi connectivity index (χ1) is 9.25. The maximum absolute atomic E-state index is 6.20. The Morgan fingerprint density at radius 2 is 1.84 bits per heavy atom. The molecule has 1 aliphatic carbocycles. The van der Waals surface area contributed by atoms with Crippen molar-refractivity contribution in [1.82, 2.24) is 10.3 Å². The lowest BCUT2D eigenvalue weighted by Crippen LogP contribution is -2.23. The number of nitrogens with zero attached hydrogens (tertiary/aromatic N) is 1. The third kappa shape index (κ3) is 2.39. The van der Waals surface area contributed by atoms with E-state index in [0.717, 1.165) is 6.42 Å². The van der Waals surface area contributed by atoms with E-state index in [1.54, 1.807) is 0 Å². The topological polar surface area (TPSA) is 50.9 Å². The van der Waals surface area contributed by atoms with Crippen LogP contribution in [0.2, 0.25) is 0 Å². The zero-order chi connectivity index (χ0) is 13.2. The molecule has 0 bridgehead atoms. The lowest BCUT2D eigenvalue weighted by molar-refractivity contribution is 0.445. The number of aromatic nitrogens is 1. The minimum absolute atomic E-state index is 0.151. The van der Waals surface area contributed by atoms with E-state index >= 15 is 0 Å². The molecule has 1 aromatic carbocycles. The molecule has 3 N–H and O–H groups in total. The Bertz CT molecular complexity index is 553. The highest BCUT2D eigenvalue weighted by Crippen LogP contribution is 2.38. The highest BCUT2D eigenvalue weighted by molar-refractivity contribution is 5.37. The van der Waals surface area contributed by atoms with Crippen molar-refractivity contribution in [3.8, 4) is 0 Å². The fraction of sp³-hybridized carbons (Fsp3) is 0.312. The van der Waals surface area contributed by atoms with Gasteiger partial charge in [-0.2, -0.15) is 0 Å². The summed E-state index contributed by atoms with van der Waals surface area (Å²) in [6.07, 6.45) is 4.64. The first-order valence-electron chi connectivity index (χ1n) is 6.76. The van der Waals surface area contributed by atoms with Crippen LogP contribution in [0.1, 0.15) is 48.2 Å². The van der Waals surface area contributed by atoms with Crippen LogP contribution in [0.5, 0.6) is 0 Å². The molecule has 0 radical (unpaired) electrons. The predicted octanol–water partition coefficient (Wildman–Crippen LogP) is 2.88. The standard InChI is InChI=1S/C16H19N3/c1-11(12-6-8-18-9-7-12)19-16-10-15(17)13-4-2-3-5-14(13)16/h2-9,11,15-16,19H,10,17H2,1H3/t11-,15?,16?/m1/s1. The van der Waals surface area contributed by atoms with Gasteiger partial charge < -0.3 is 11.1 Å². The summed E-state index contributed by atoms with van der Waals surface area (Å²) in [5.74, 6) is 0. The molecule has 0 aliphatic heterocycles. The predicted molar refractivity (Wildman–Crippen MR) is 76.5 cm³/mol. The van der Waals surface area contributed by atoms with Gasteiger partial charge in [0.2, 0.25) is 0 Å². The summed E-state index contributed by atoms with van der Waals surface area (Å²) in [6, 6.07) is 13.4. The molecule has 0 fully saturated rings. The number of benzene rings is 1. The fourth-order valence-corrected chi connectivity index (χ4v) is 2.88. The summed E-state index contributed by atoms with van der Waals surface area (Å²) in [5.41, 5.74) is 10.1. The van der Waals surface area contributed by atoms with E-state index in [-0.39, 0.29) is 6.04 Å². The summed E-state index contributed by atoms with van der Waals surface area (Å²) in [4.78, 5) is 4.06. The second-order valence-corrected chi connectivity index (χ2v) is 5.19. The van der Waals surface area contributed by atoms with Crippen LogP contribution in [0.3, 0.4) is 0 Å². The lowest BCUT2D eigenvalue weighted by Gasteiger charge is -2.20. The first kappa shape index (κ1) is 12.3. The van der Waals surface area contributed by atoms with Crippen LogP contribution in [0.15, 0.2) is 48.8 Å². The van der Waals surface area contributed by atoms with Crippen molar-refractivity contribution in [1.29, 1.82) is 0 Å². The van der Waals surface area contributed by atoms with Gasteiger partial charge in [-0.15, -0.1) is 0 Å². The Hall–Kier alpha value is -1.71. The van der Waals surface area contributed by atoms with Gasteiger partial charge in [0.05, 0.1) is 0 Å². The second kappa shape index (κ2) is 5.11. The minimum atomic E-state index is 0.151. The second-order valence-electron chi connectivity index (χ2n) is 5.19. The highest BCUT2D eigenvalue weighted by atomic mass is 15.0. The maximum Gasteiger partial charge on any atom is 0.0347 e. The van der Waals surface area contributed by atoms with Gasteiger partial charge in [-0.1, -0.05) is 24.3 Å². The molecule has 3 rings (SSSR count). The average Bonchev–Trinajstić information content (AvgIpc) is 2.77. The molecule has 98 valence electrons. The Morgan fingerprint density at radius 1 is 1.16 bits per heavy atom. The quantitative estimate of drug-likeness (QED) is 0.884. The van der Waals surface area contributed by atoms with Crippen molar-refractivity contribution in [2.45, 2.75) is 31.5 Å². The molecular formula is C16H19N3. The summed E-state index contributed by atoms with van der Waals surface area (Å²) in [6.45, 7) is 2.18. The molecular weight excluding hydrogens is 234 g/mol. The highest BCUT2D eigenvalue weighted by Gasteiger charge is 2.28. The molecule has 3 heteroatoms. The Balaban J connectivity index is 1.79. The van der Waals surface area contributed by atoms with Gasteiger partial charge in [0, 0.05) is 30.5 Å². The Morgan fingerprint density at radius 3 is 2.58 bits per heavy atom. The Labute approximate surface area is 113 Å². The third-order valence-electron chi connectivity index (χ3n) is 3.92. The minimum Gasteiger partial charge on any atom is -0.324 e. The monoisotopic (exact) mass is 253 g/mol. The van der Waals surface area contributed by atoms with E-state index < -0.39 is 0 Å². The largest absolute Gasteiger partial charge is 0.324 e. The van der Waals surface area contributed by atoms with Gasteiger partial charge in [0.15, 0.2) is 0 Å². The van der Waals surface area contributed by atoms with E-state index in [4.69, 9.17) is 5.73 Å². The summed E-state index contributed by atoms with van der Waals surface area (Å²) >= 11 is 0. The van der Waals surface area contributed by atoms with Gasteiger partial charge >= 0.3 is 0 Å². The van der Waals surface area contributed by atoms with Crippen LogP contribution in [-0.2, 0) is 0 Å². The number of pyridine rings is 1. The number of fused-ring (bicyclic) bond motifs is 1. The molecule has 19 heavy (non-hydrogen) atoms. The van der Waals surface area contributed by atoms with E-state index in [9.17, 15) is 0 Å². The van der Waals surface area contributed by atoms with Crippen LogP contribution in [0.4, 0.5) is 0 Å². The number of nitrogens with two attached hydrogens (primary N) is 1. The lowest BCUT2D eigenvalue weighted by atomic mass is 10.1. The van der Waals surface area contributed by atoms with Crippen molar-refractivity contribution in [3.05, 3.63) is 65.5 Å². The fourth-order valence-electron chi connectivity index (χ4n) is 2.88. The molecule has 2 unspecified atom stereocenters. The number of hydrogen-bond donors (Lipinski definition) is 2. The molecule has 0 saturated heterocycles. The zero-order valence-corrected chi connectivity index (χ0v) is 11.1. The molecule has 1 aliphatic rings. The number of hydrogen-bond acceptors (Lipinski definition) is 3. The van der Waals surface area contributed by atoms with Crippen LogP contribution in [-0.4, -0.2) is 4.98 Å². The van der Waals surface area contributed by atoms with E-state index in [0.29, 0.717) is 12.1 Å². The zero-order valence-electron chi connectivity index (χ0n) is 11.1. The molecule has 0 amide bonds. The molecule has 3 nitrogen and oxygen atoms in total. The van der Waals surface area contributed by atoms with Gasteiger partial charge in [-0.05, 0) is 42.2 Å². The van der Waals surface area contributed by atoms with E-state index in [1.165, 1.54) is 16.7 Å². The van der Waals surface area contributed by atoms with Crippen LogP contribution >= 0.6 is 0 Å². The maximum atomic E-state index is 6.20. The smallest absolute Gasteiger partial charge is 0.0347 e. The summed E-state index contributed by atoms with van der Waals surface area (Å²) in [5, 5.41) is 3.67. The average molecular weight is 253 g/mol. The number of rotatable bonds is 3. The van der Waals surface area contributed by atoms with Crippen molar-refractivity contribution in [3.63, 3.8) is 0 Å². The van der Waals surface area contributed by atoms with Gasteiger partial charge in [-0.3, -0.25) is 4.98 Å².